The van der Waals surface area contributed by atoms with E-state index in [4.69, 9.17) is 4.74 Å². The Morgan fingerprint density at radius 1 is 1.38 bits per heavy atom. The van der Waals surface area contributed by atoms with Crippen LogP contribution in [0.3, 0.4) is 0 Å². The third kappa shape index (κ3) is 2.35. The fourth-order valence-electron chi connectivity index (χ4n) is 3.29. The first kappa shape index (κ1) is 14.8. The summed E-state index contributed by atoms with van der Waals surface area (Å²) in [5, 5.41) is 0. The molecular formula is C18H16FN3O2. The van der Waals surface area contributed by atoms with E-state index in [0.29, 0.717) is 18.6 Å². The van der Waals surface area contributed by atoms with Gasteiger partial charge < -0.3 is 9.64 Å². The highest BCUT2D eigenvalue weighted by Gasteiger charge is 2.29. The summed E-state index contributed by atoms with van der Waals surface area (Å²) >= 11 is 0. The number of fused-ring (bicyclic) bond motifs is 2. The average molecular weight is 325 g/mol. The summed E-state index contributed by atoms with van der Waals surface area (Å²) in [6.45, 7) is 2.86. The van der Waals surface area contributed by atoms with Gasteiger partial charge in [0.2, 0.25) is 0 Å². The van der Waals surface area contributed by atoms with Crippen molar-refractivity contribution in [3.8, 4) is 0 Å². The van der Waals surface area contributed by atoms with Crippen molar-refractivity contribution in [1.29, 1.82) is 0 Å². The summed E-state index contributed by atoms with van der Waals surface area (Å²) in [5.74, 6) is 0.237. The van der Waals surface area contributed by atoms with Gasteiger partial charge in [0, 0.05) is 29.8 Å². The number of aromatic nitrogens is 2. The molecule has 0 atom stereocenters. The van der Waals surface area contributed by atoms with Gasteiger partial charge in [-0.2, -0.15) is 0 Å². The van der Waals surface area contributed by atoms with Crippen molar-refractivity contribution in [2.45, 2.75) is 19.8 Å². The first-order valence-electron chi connectivity index (χ1n) is 7.95. The van der Waals surface area contributed by atoms with Gasteiger partial charge in [-0.25, -0.2) is 19.2 Å². The van der Waals surface area contributed by atoms with Crippen LogP contribution < -0.4 is 4.90 Å². The van der Waals surface area contributed by atoms with Gasteiger partial charge in [-0.1, -0.05) is 0 Å². The van der Waals surface area contributed by atoms with Crippen LogP contribution in [0.5, 0.6) is 0 Å². The lowest BCUT2D eigenvalue weighted by molar-refractivity contribution is -0.138. The van der Waals surface area contributed by atoms with Crippen molar-refractivity contribution in [3.05, 3.63) is 52.7 Å². The van der Waals surface area contributed by atoms with Crippen LogP contribution in [0.15, 0.2) is 30.1 Å². The van der Waals surface area contributed by atoms with E-state index < -0.39 is 0 Å². The molecule has 0 unspecified atom stereocenters. The van der Waals surface area contributed by atoms with E-state index in [1.54, 1.807) is 25.1 Å². The summed E-state index contributed by atoms with van der Waals surface area (Å²) in [6, 6.07) is 4.81. The van der Waals surface area contributed by atoms with E-state index in [1.165, 1.54) is 12.4 Å². The van der Waals surface area contributed by atoms with Crippen LogP contribution in [0.2, 0.25) is 0 Å². The van der Waals surface area contributed by atoms with Crippen LogP contribution >= 0.6 is 0 Å². The first-order valence-corrected chi connectivity index (χ1v) is 7.95. The second kappa shape index (κ2) is 5.70. The SMILES string of the molecule is CCOC(=O)C1=Cc2ncnc(N3CCc4cc(F)ccc43)c2C1. The lowest BCUT2D eigenvalue weighted by Crippen LogP contribution is -2.17. The molecule has 1 aliphatic heterocycles. The van der Waals surface area contributed by atoms with Crippen LogP contribution in [0.1, 0.15) is 23.7 Å². The van der Waals surface area contributed by atoms with Gasteiger partial charge in [0.25, 0.3) is 0 Å². The smallest absolute Gasteiger partial charge is 0.334 e. The highest BCUT2D eigenvalue weighted by molar-refractivity contribution is 5.97. The summed E-state index contributed by atoms with van der Waals surface area (Å²) in [6.07, 6.45) is 4.49. The minimum absolute atomic E-state index is 0.227. The van der Waals surface area contributed by atoms with Crippen molar-refractivity contribution in [2.24, 2.45) is 0 Å². The summed E-state index contributed by atoms with van der Waals surface area (Å²) in [5.41, 5.74) is 4.18. The molecule has 0 spiro atoms. The number of halogens is 1. The maximum absolute atomic E-state index is 13.4. The second-order valence-corrected chi connectivity index (χ2v) is 5.80. The first-order chi connectivity index (χ1) is 11.7. The molecule has 2 aliphatic rings. The summed E-state index contributed by atoms with van der Waals surface area (Å²) in [7, 11) is 0. The Labute approximate surface area is 138 Å². The quantitative estimate of drug-likeness (QED) is 0.812. The molecular weight excluding hydrogens is 309 g/mol. The van der Waals surface area contributed by atoms with Crippen molar-refractivity contribution in [3.63, 3.8) is 0 Å². The van der Waals surface area contributed by atoms with E-state index in [2.05, 4.69) is 14.9 Å². The molecule has 0 amide bonds. The number of rotatable bonds is 3. The van der Waals surface area contributed by atoms with E-state index in [-0.39, 0.29) is 11.8 Å². The average Bonchev–Trinajstić information content (AvgIpc) is 3.18. The number of ether oxygens (including phenoxy) is 1. The zero-order valence-electron chi connectivity index (χ0n) is 13.3. The Bertz CT molecular complexity index is 863. The van der Waals surface area contributed by atoms with Crippen LogP contribution in [0, 0.1) is 5.82 Å². The molecule has 0 radical (unpaired) electrons. The molecule has 1 aromatic heterocycles. The Kier molecular flexibility index (Phi) is 3.52. The third-order valence-electron chi connectivity index (χ3n) is 4.36. The summed E-state index contributed by atoms with van der Waals surface area (Å²) in [4.78, 5) is 22.8. The van der Waals surface area contributed by atoms with Gasteiger partial charge in [0.1, 0.15) is 18.0 Å². The van der Waals surface area contributed by atoms with Crippen molar-refractivity contribution in [2.75, 3.05) is 18.1 Å². The van der Waals surface area contributed by atoms with Gasteiger partial charge in [0.15, 0.2) is 0 Å². The molecule has 0 saturated carbocycles. The minimum Gasteiger partial charge on any atom is -0.463 e. The van der Waals surface area contributed by atoms with Gasteiger partial charge in [-0.3, -0.25) is 0 Å². The molecule has 4 rings (SSSR count). The molecule has 0 fully saturated rings. The lowest BCUT2D eigenvalue weighted by atomic mass is 10.1. The number of carbonyl (C=O) groups is 1. The van der Waals surface area contributed by atoms with Gasteiger partial charge in [-0.15, -0.1) is 0 Å². The summed E-state index contributed by atoms with van der Waals surface area (Å²) < 4.78 is 18.5. The normalized spacial score (nSPS) is 15.1. The predicted molar refractivity (Wildman–Crippen MR) is 87.5 cm³/mol. The molecule has 2 heterocycles. The lowest BCUT2D eigenvalue weighted by Gasteiger charge is -2.21. The molecule has 0 bridgehead atoms. The topological polar surface area (TPSA) is 55.3 Å². The second-order valence-electron chi connectivity index (χ2n) is 5.80. The van der Waals surface area contributed by atoms with E-state index in [1.807, 2.05) is 0 Å². The highest BCUT2D eigenvalue weighted by Crippen LogP contribution is 2.38. The maximum Gasteiger partial charge on any atom is 0.334 e. The van der Waals surface area contributed by atoms with Crippen LogP contribution in [0.4, 0.5) is 15.9 Å². The van der Waals surface area contributed by atoms with Crippen molar-refractivity contribution < 1.29 is 13.9 Å². The zero-order chi connectivity index (χ0) is 16.7. The van der Waals surface area contributed by atoms with Crippen molar-refractivity contribution in [1.82, 2.24) is 9.97 Å². The van der Waals surface area contributed by atoms with Crippen LogP contribution in [-0.2, 0) is 22.4 Å². The van der Waals surface area contributed by atoms with Crippen molar-refractivity contribution >= 4 is 23.6 Å². The van der Waals surface area contributed by atoms with E-state index in [9.17, 15) is 9.18 Å². The molecule has 1 aromatic carbocycles. The Morgan fingerprint density at radius 3 is 3.08 bits per heavy atom. The maximum atomic E-state index is 13.4. The van der Waals surface area contributed by atoms with E-state index in [0.717, 1.165) is 41.3 Å². The third-order valence-corrected chi connectivity index (χ3v) is 4.36. The Balaban J connectivity index is 1.69. The molecule has 2 aromatic rings. The predicted octanol–water partition coefficient (Wildman–Crippen LogP) is 2.81. The number of carbonyl (C=O) groups excluding carboxylic acids is 1. The van der Waals surface area contributed by atoms with Gasteiger partial charge >= 0.3 is 5.97 Å². The van der Waals surface area contributed by atoms with E-state index >= 15 is 0 Å². The fourth-order valence-corrected chi connectivity index (χ4v) is 3.29. The van der Waals surface area contributed by atoms with Gasteiger partial charge in [-0.05, 0) is 43.2 Å². The van der Waals surface area contributed by atoms with Crippen LogP contribution in [0.25, 0.3) is 6.08 Å². The number of hydrogen-bond acceptors (Lipinski definition) is 5. The minimum atomic E-state index is -0.314. The molecule has 24 heavy (non-hydrogen) atoms. The Hall–Kier alpha value is -2.76. The number of hydrogen-bond donors (Lipinski definition) is 0. The molecule has 122 valence electrons. The number of benzene rings is 1. The van der Waals surface area contributed by atoms with Crippen LogP contribution in [-0.4, -0.2) is 29.1 Å². The molecule has 6 heteroatoms. The number of nitrogens with zero attached hydrogens (tertiary/aromatic N) is 3. The highest BCUT2D eigenvalue weighted by atomic mass is 19.1. The fraction of sp³-hybridized carbons (Fsp3) is 0.278. The monoisotopic (exact) mass is 325 g/mol. The molecule has 1 aliphatic carbocycles. The number of esters is 1. The Morgan fingerprint density at radius 2 is 2.25 bits per heavy atom. The largest absolute Gasteiger partial charge is 0.463 e. The standard InChI is InChI=1S/C18H16FN3O2/c1-2-24-18(23)12-8-14-15(9-12)20-10-21-17(14)22-6-5-11-7-13(19)3-4-16(11)22/h3-4,7,9-10H,2,5-6,8H2,1H3. The number of anilines is 2. The molecule has 0 saturated heterocycles. The van der Waals surface area contributed by atoms with Gasteiger partial charge in [0.05, 0.1) is 12.3 Å². The molecule has 5 nitrogen and oxygen atoms in total. The molecule has 0 N–H and O–H groups in total. The zero-order valence-corrected chi connectivity index (χ0v) is 13.3.